The lowest BCUT2D eigenvalue weighted by atomic mass is 10.1. The molecule has 0 spiro atoms. The highest BCUT2D eigenvalue weighted by atomic mass is 19.1. The van der Waals surface area contributed by atoms with Crippen LogP contribution in [0.2, 0.25) is 0 Å². The summed E-state index contributed by atoms with van der Waals surface area (Å²) in [6, 6.07) is 15.1. The number of rotatable bonds is 2. The van der Waals surface area contributed by atoms with Crippen molar-refractivity contribution in [3.05, 3.63) is 66.0 Å². The van der Waals surface area contributed by atoms with Crippen LogP contribution in [0.25, 0.3) is 0 Å². The van der Waals surface area contributed by atoms with Crippen molar-refractivity contribution < 1.29 is 18.7 Å². The Balaban J connectivity index is 1.65. The van der Waals surface area contributed by atoms with E-state index >= 15 is 0 Å². The summed E-state index contributed by atoms with van der Waals surface area (Å²) in [6.07, 6.45) is -0.667. The van der Waals surface area contributed by atoms with Crippen molar-refractivity contribution in [2.45, 2.75) is 6.10 Å². The Morgan fingerprint density at radius 1 is 1.14 bits per heavy atom. The van der Waals surface area contributed by atoms with Crippen molar-refractivity contribution in [1.29, 1.82) is 0 Å². The molecule has 1 aliphatic rings. The average molecular weight is 301 g/mol. The smallest absolute Gasteiger partial charge is 0.410 e. The second-order valence-electron chi connectivity index (χ2n) is 5.04. The van der Waals surface area contributed by atoms with Crippen molar-refractivity contribution in [3.63, 3.8) is 0 Å². The molecule has 22 heavy (non-hydrogen) atoms. The largest absolute Gasteiger partial charge is 0.415 e. The summed E-state index contributed by atoms with van der Waals surface area (Å²) in [7, 11) is 0. The number of morpholine rings is 1. The Morgan fingerprint density at radius 3 is 2.59 bits per heavy atom. The summed E-state index contributed by atoms with van der Waals surface area (Å²) < 4.78 is 24.0. The molecule has 2 aromatic carbocycles. The normalized spacial score (nSPS) is 18.0. The fourth-order valence-corrected chi connectivity index (χ4v) is 2.35. The molecule has 1 heterocycles. The van der Waals surface area contributed by atoms with Gasteiger partial charge >= 0.3 is 6.09 Å². The third-order valence-electron chi connectivity index (χ3n) is 3.51. The number of amides is 1. The number of ether oxygens (including phenoxy) is 2. The molecule has 1 fully saturated rings. The molecule has 1 unspecified atom stereocenters. The summed E-state index contributed by atoms with van der Waals surface area (Å²) in [6.45, 7) is 1.28. The maximum absolute atomic E-state index is 13.0. The number of nitrogens with zero attached hydrogens (tertiary/aromatic N) is 1. The lowest BCUT2D eigenvalue weighted by Crippen LogP contribution is -2.43. The number of hydrogen-bond acceptors (Lipinski definition) is 3. The van der Waals surface area contributed by atoms with E-state index in [1.165, 1.54) is 12.1 Å². The van der Waals surface area contributed by atoms with Crippen molar-refractivity contribution in [1.82, 2.24) is 4.90 Å². The number of para-hydroxylation sites is 1. The third kappa shape index (κ3) is 3.43. The van der Waals surface area contributed by atoms with Gasteiger partial charge < -0.3 is 14.4 Å². The first-order valence-corrected chi connectivity index (χ1v) is 7.11. The van der Waals surface area contributed by atoms with E-state index < -0.39 is 6.09 Å². The van der Waals surface area contributed by atoms with Crippen molar-refractivity contribution in [3.8, 4) is 5.75 Å². The Kier molecular flexibility index (Phi) is 4.34. The average Bonchev–Trinajstić information content (AvgIpc) is 2.56. The standard InChI is InChI=1S/C17H16FNO3/c18-14-8-6-13(7-9-14)16-12-19(10-11-21-16)17(20)22-15-4-2-1-3-5-15/h1-9,16H,10-12H2. The maximum Gasteiger partial charge on any atom is 0.415 e. The first-order valence-electron chi connectivity index (χ1n) is 7.11. The van der Waals surface area contributed by atoms with E-state index in [1.54, 1.807) is 29.2 Å². The van der Waals surface area contributed by atoms with Crippen LogP contribution < -0.4 is 4.74 Å². The molecule has 0 aliphatic carbocycles. The van der Waals surface area contributed by atoms with E-state index in [2.05, 4.69) is 0 Å². The molecule has 1 amide bonds. The molecule has 0 aromatic heterocycles. The van der Waals surface area contributed by atoms with E-state index in [9.17, 15) is 9.18 Å². The highest BCUT2D eigenvalue weighted by Crippen LogP contribution is 2.23. The topological polar surface area (TPSA) is 38.8 Å². The van der Waals surface area contributed by atoms with E-state index in [1.807, 2.05) is 18.2 Å². The molecule has 114 valence electrons. The Labute approximate surface area is 128 Å². The minimum Gasteiger partial charge on any atom is -0.410 e. The maximum atomic E-state index is 13.0. The molecule has 0 radical (unpaired) electrons. The van der Waals surface area contributed by atoms with Gasteiger partial charge in [-0.05, 0) is 29.8 Å². The molecule has 0 saturated carbocycles. The zero-order valence-electron chi connectivity index (χ0n) is 11.9. The third-order valence-corrected chi connectivity index (χ3v) is 3.51. The summed E-state index contributed by atoms with van der Waals surface area (Å²) in [5.74, 6) is 0.220. The van der Waals surface area contributed by atoms with Crippen molar-refractivity contribution >= 4 is 6.09 Å². The second-order valence-corrected chi connectivity index (χ2v) is 5.04. The number of benzene rings is 2. The minimum atomic E-state index is -0.401. The number of carbonyl (C=O) groups excluding carboxylic acids is 1. The molecule has 2 aromatic rings. The van der Waals surface area contributed by atoms with Gasteiger partial charge in [0.15, 0.2) is 0 Å². The molecule has 1 aliphatic heterocycles. The van der Waals surface area contributed by atoms with Gasteiger partial charge in [0, 0.05) is 6.54 Å². The van der Waals surface area contributed by atoms with Crippen LogP contribution in [-0.2, 0) is 4.74 Å². The SMILES string of the molecule is O=C(Oc1ccccc1)N1CCOC(c2ccc(F)cc2)C1. The molecule has 0 N–H and O–H groups in total. The lowest BCUT2D eigenvalue weighted by molar-refractivity contribution is -0.0218. The lowest BCUT2D eigenvalue weighted by Gasteiger charge is -2.32. The monoisotopic (exact) mass is 301 g/mol. The zero-order chi connectivity index (χ0) is 15.4. The summed E-state index contributed by atoms with van der Waals surface area (Å²) in [5, 5.41) is 0. The van der Waals surface area contributed by atoms with Crippen molar-refractivity contribution in [2.24, 2.45) is 0 Å². The van der Waals surface area contributed by atoms with Crippen molar-refractivity contribution in [2.75, 3.05) is 19.7 Å². The molecule has 1 saturated heterocycles. The quantitative estimate of drug-likeness (QED) is 0.853. The van der Waals surface area contributed by atoms with E-state index in [-0.39, 0.29) is 11.9 Å². The van der Waals surface area contributed by atoms with Gasteiger partial charge in [0.25, 0.3) is 0 Å². The molecule has 1 atom stereocenters. The first kappa shape index (κ1) is 14.5. The predicted octanol–water partition coefficient (Wildman–Crippen LogP) is 3.40. The molecule has 0 bridgehead atoms. The second kappa shape index (κ2) is 6.58. The molecule has 4 nitrogen and oxygen atoms in total. The summed E-state index contributed by atoms with van der Waals surface area (Å²) in [4.78, 5) is 13.8. The van der Waals surface area contributed by atoms with E-state index in [0.717, 1.165) is 5.56 Å². The zero-order valence-corrected chi connectivity index (χ0v) is 11.9. The van der Waals surface area contributed by atoms with Crippen LogP contribution >= 0.6 is 0 Å². The van der Waals surface area contributed by atoms with Crippen LogP contribution in [0.1, 0.15) is 11.7 Å². The van der Waals surface area contributed by atoms with Gasteiger partial charge in [-0.25, -0.2) is 9.18 Å². The van der Waals surface area contributed by atoms with Gasteiger partial charge in [0.2, 0.25) is 0 Å². The minimum absolute atomic E-state index is 0.266. The van der Waals surface area contributed by atoms with Crippen LogP contribution in [0.15, 0.2) is 54.6 Å². The predicted molar refractivity (Wildman–Crippen MR) is 79.1 cm³/mol. The fourth-order valence-electron chi connectivity index (χ4n) is 2.35. The van der Waals surface area contributed by atoms with Crippen LogP contribution in [0.5, 0.6) is 5.75 Å². The fraction of sp³-hybridized carbons (Fsp3) is 0.235. The van der Waals surface area contributed by atoms with Crippen LogP contribution in [-0.4, -0.2) is 30.7 Å². The highest BCUT2D eigenvalue weighted by Gasteiger charge is 2.26. The number of halogens is 1. The van der Waals surface area contributed by atoms with Gasteiger partial charge in [-0.1, -0.05) is 30.3 Å². The van der Waals surface area contributed by atoms with Gasteiger partial charge in [0.05, 0.1) is 13.2 Å². The molecule has 3 rings (SSSR count). The van der Waals surface area contributed by atoms with E-state index in [0.29, 0.717) is 25.4 Å². The van der Waals surface area contributed by atoms with Gasteiger partial charge in [-0.3, -0.25) is 0 Å². The van der Waals surface area contributed by atoms with Gasteiger partial charge in [0.1, 0.15) is 17.7 Å². The van der Waals surface area contributed by atoms with Gasteiger partial charge in [-0.15, -0.1) is 0 Å². The van der Waals surface area contributed by atoms with Crippen LogP contribution in [0.3, 0.4) is 0 Å². The summed E-state index contributed by atoms with van der Waals surface area (Å²) >= 11 is 0. The Bertz CT molecular complexity index is 630. The molecular weight excluding hydrogens is 285 g/mol. The highest BCUT2D eigenvalue weighted by molar-refractivity contribution is 5.70. The summed E-state index contributed by atoms with van der Waals surface area (Å²) in [5.41, 5.74) is 0.846. The van der Waals surface area contributed by atoms with Gasteiger partial charge in [-0.2, -0.15) is 0 Å². The first-order chi connectivity index (χ1) is 10.7. The van der Waals surface area contributed by atoms with Crippen LogP contribution in [0, 0.1) is 5.82 Å². The molecular formula is C17H16FNO3. The molecule has 5 heteroatoms. The van der Waals surface area contributed by atoms with Crippen LogP contribution in [0.4, 0.5) is 9.18 Å². The Hall–Kier alpha value is -2.40. The number of hydrogen-bond donors (Lipinski definition) is 0. The number of carbonyl (C=O) groups is 1. The van der Waals surface area contributed by atoms with E-state index in [4.69, 9.17) is 9.47 Å². The Morgan fingerprint density at radius 2 is 1.86 bits per heavy atom.